The van der Waals surface area contributed by atoms with Gasteiger partial charge >= 0.3 is 0 Å². The Bertz CT molecular complexity index is 750. The molecule has 0 amide bonds. The summed E-state index contributed by atoms with van der Waals surface area (Å²) in [5.41, 5.74) is 5.20. The standard InChI is InChI=1S/C20H23NO4/c1-22-17-7-11-5-15-14-10-20(25-4)18(23-2)8-12(14)6-16(21-15)13(11)9-19(17)24-3/h7-10,15-16,21H,5-6H2,1-4H3/t15-,16-/m1/s1. The summed E-state index contributed by atoms with van der Waals surface area (Å²) in [5, 5.41) is 3.75. The highest BCUT2D eigenvalue weighted by Crippen LogP contribution is 2.46. The molecule has 2 heterocycles. The molecule has 4 rings (SSSR count). The van der Waals surface area contributed by atoms with Crippen molar-refractivity contribution in [3.8, 4) is 23.0 Å². The molecular formula is C20H23NO4. The van der Waals surface area contributed by atoms with Crippen LogP contribution < -0.4 is 24.3 Å². The van der Waals surface area contributed by atoms with E-state index in [1.165, 1.54) is 22.3 Å². The van der Waals surface area contributed by atoms with Gasteiger partial charge in [-0.2, -0.15) is 0 Å². The van der Waals surface area contributed by atoms with Gasteiger partial charge in [0.05, 0.1) is 28.4 Å². The average Bonchev–Trinajstić information content (AvgIpc) is 2.66. The summed E-state index contributed by atoms with van der Waals surface area (Å²) >= 11 is 0. The van der Waals surface area contributed by atoms with Crippen molar-refractivity contribution in [3.63, 3.8) is 0 Å². The quantitative estimate of drug-likeness (QED) is 0.925. The third-order valence-corrected chi connectivity index (χ3v) is 5.29. The Morgan fingerprint density at radius 2 is 1.00 bits per heavy atom. The molecular weight excluding hydrogens is 318 g/mol. The van der Waals surface area contributed by atoms with E-state index >= 15 is 0 Å². The van der Waals surface area contributed by atoms with E-state index in [1.54, 1.807) is 28.4 Å². The Labute approximate surface area is 147 Å². The van der Waals surface area contributed by atoms with Crippen LogP contribution >= 0.6 is 0 Å². The molecule has 0 aromatic heterocycles. The van der Waals surface area contributed by atoms with Crippen LogP contribution in [0, 0.1) is 0 Å². The van der Waals surface area contributed by atoms with Crippen LogP contribution in [-0.4, -0.2) is 28.4 Å². The van der Waals surface area contributed by atoms with E-state index in [9.17, 15) is 0 Å². The summed E-state index contributed by atoms with van der Waals surface area (Å²) in [4.78, 5) is 0. The summed E-state index contributed by atoms with van der Waals surface area (Å²) in [7, 11) is 6.71. The fourth-order valence-corrected chi connectivity index (χ4v) is 4.08. The summed E-state index contributed by atoms with van der Waals surface area (Å²) in [6, 6.07) is 8.96. The molecule has 2 aromatic carbocycles. The van der Waals surface area contributed by atoms with E-state index in [0.717, 1.165) is 35.8 Å². The van der Waals surface area contributed by atoms with Gasteiger partial charge in [-0.3, -0.25) is 0 Å². The monoisotopic (exact) mass is 341 g/mol. The first-order chi connectivity index (χ1) is 12.2. The van der Waals surface area contributed by atoms with Crippen molar-refractivity contribution in [1.29, 1.82) is 0 Å². The molecule has 132 valence electrons. The first kappa shape index (κ1) is 16.1. The van der Waals surface area contributed by atoms with Gasteiger partial charge in [-0.05, 0) is 59.4 Å². The molecule has 0 spiro atoms. The number of rotatable bonds is 4. The third-order valence-electron chi connectivity index (χ3n) is 5.29. The van der Waals surface area contributed by atoms with E-state index in [0.29, 0.717) is 0 Å². The van der Waals surface area contributed by atoms with Crippen LogP contribution in [0.4, 0.5) is 0 Å². The highest BCUT2D eigenvalue weighted by molar-refractivity contribution is 5.55. The Kier molecular flexibility index (Phi) is 3.96. The van der Waals surface area contributed by atoms with Crippen molar-refractivity contribution < 1.29 is 18.9 Å². The summed E-state index contributed by atoms with van der Waals surface area (Å²) in [6.45, 7) is 0. The Morgan fingerprint density at radius 3 is 1.36 bits per heavy atom. The van der Waals surface area contributed by atoms with Crippen molar-refractivity contribution in [2.75, 3.05) is 28.4 Å². The van der Waals surface area contributed by atoms with Crippen LogP contribution in [0.2, 0.25) is 0 Å². The van der Waals surface area contributed by atoms with Crippen LogP contribution in [0.3, 0.4) is 0 Å². The molecule has 0 saturated heterocycles. The van der Waals surface area contributed by atoms with Crippen LogP contribution in [0.5, 0.6) is 23.0 Å². The first-order valence-electron chi connectivity index (χ1n) is 8.44. The fourth-order valence-electron chi connectivity index (χ4n) is 4.08. The van der Waals surface area contributed by atoms with Crippen molar-refractivity contribution >= 4 is 0 Å². The Balaban J connectivity index is 1.79. The van der Waals surface area contributed by atoms with E-state index in [4.69, 9.17) is 18.9 Å². The summed E-state index contributed by atoms with van der Waals surface area (Å²) < 4.78 is 21.9. The normalized spacial score (nSPS) is 20.3. The maximum absolute atomic E-state index is 5.49. The number of ether oxygens (including phenoxy) is 4. The SMILES string of the molecule is COc1cc2c(cc1OC)[C@H]1Cc3cc(OC)c(OC)cc3[C@@H](C2)N1. The van der Waals surface area contributed by atoms with Crippen LogP contribution in [0.15, 0.2) is 24.3 Å². The van der Waals surface area contributed by atoms with Crippen LogP contribution in [0.1, 0.15) is 34.3 Å². The van der Waals surface area contributed by atoms with Crippen molar-refractivity contribution in [2.45, 2.75) is 24.9 Å². The van der Waals surface area contributed by atoms with Gasteiger partial charge in [0.15, 0.2) is 23.0 Å². The largest absolute Gasteiger partial charge is 0.493 e. The molecule has 5 nitrogen and oxygen atoms in total. The number of benzene rings is 2. The third kappa shape index (κ3) is 2.50. The minimum Gasteiger partial charge on any atom is -0.493 e. The highest BCUT2D eigenvalue weighted by atomic mass is 16.5. The maximum atomic E-state index is 5.49. The highest BCUT2D eigenvalue weighted by Gasteiger charge is 2.35. The summed E-state index contributed by atoms with van der Waals surface area (Å²) in [6.07, 6.45) is 1.82. The van der Waals surface area contributed by atoms with Crippen molar-refractivity contribution in [1.82, 2.24) is 5.32 Å². The zero-order valence-corrected chi connectivity index (χ0v) is 15.0. The molecule has 2 atom stereocenters. The number of fused-ring (bicyclic) bond motifs is 6. The van der Waals surface area contributed by atoms with Gasteiger partial charge in [0, 0.05) is 12.1 Å². The number of methoxy groups -OCH3 is 4. The van der Waals surface area contributed by atoms with Crippen molar-refractivity contribution in [3.05, 3.63) is 46.5 Å². The lowest BCUT2D eigenvalue weighted by Gasteiger charge is -2.39. The van der Waals surface area contributed by atoms with Gasteiger partial charge in [0.1, 0.15) is 0 Å². The number of nitrogens with one attached hydrogen (secondary N) is 1. The minimum atomic E-state index is 0.263. The molecule has 2 aliphatic heterocycles. The van der Waals surface area contributed by atoms with Crippen LogP contribution in [0.25, 0.3) is 0 Å². The van der Waals surface area contributed by atoms with Gasteiger partial charge in [0.25, 0.3) is 0 Å². The second-order valence-corrected chi connectivity index (χ2v) is 6.49. The van der Waals surface area contributed by atoms with Gasteiger partial charge in [0.2, 0.25) is 0 Å². The second kappa shape index (κ2) is 6.15. The predicted molar refractivity (Wildman–Crippen MR) is 95.1 cm³/mol. The molecule has 2 aromatic rings. The molecule has 0 unspecified atom stereocenters. The molecule has 0 radical (unpaired) electrons. The molecule has 0 aliphatic carbocycles. The van der Waals surface area contributed by atoms with Gasteiger partial charge in [-0.15, -0.1) is 0 Å². The van der Waals surface area contributed by atoms with Gasteiger partial charge in [-0.25, -0.2) is 0 Å². The molecule has 1 N–H and O–H groups in total. The van der Waals surface area contributed by atoms with E-state index < -0.39 is 0 Å². The Morgan fingerprint density at radius 1 is 0.640 bits per heavy atom. The summed E-state index contributed by atoms with van der Waals surface area (Å²) in [5.74, 6) is 3.13. The second-order valence-electron chi connectivity index (χ2n) is 6.49. The molecule has 0 fully saturated rings. The molecule has 25 heavy (non-hydrogen) atoms. The molecule has 2 aliphatic rings. The maximum Gasteiger partial charge on any atom is 0.161 e. The lowest BCUT2D eigenvalue weighted by molar-refractivity contribution is 0.338. The molecule has 0 saturated carbocycles. The van der Waals surface area contributed by atoms with Gasteiger partial charge < -0.3 is 24.3 Å². The fraction of sp³-hybridized carbons (Fsp3) is 0.400. The number of hydrogen-bond donors (Lipinski definition) is 1. The first-order valence-corrected chi connectivity index (χ1v) is 8.44. The van der Waals surface area contributed by atoms with Crippen LogP contribution in [-0.2, 0) is 12.8 Å². The van der Waals surface area contributed by atoms with Gasteiger partial charge in [-0.1, -0.05) is 0 Å². The lowest BCUT2D eigenvalue weighted by atomic mass is 9.78. The smallest absolute Gasteiger partial charge is 0.161 e. The number of hydrogen-bond acceptors (Lipinski definition) is 5. The average molecular weight is 341 g/mol. The zero-order chi connectivity index (χ0) is 17.6. The van der Waals surface area contributed by atoms with E-state index in [-0.39, 0.29) is 12.1 Å². The molecule has 5 heteroatoms. The molecule has 2 bridgehead atoms. The minimum absolute atomic E-state index is 0.263. The Hall–Kier alpha value is -2.40. The van der Waals surface area contributed by atoms with E-state index in [1.807, 2.05) is 0 Å². The van der Waals surface area contributed by atoms with E-state index in [2.05, 4.69) is 29.6 Å². The van der Waals surface area contributed by atoms with Crippen molar-refractivity contribution in [2.24, 2.45) is 0 Å². The predicted octanol–water partition coefficient (Wildman–Crippen LogP) is 3.21. The lowest BCUT2D eigenvalue weighted by Crippen LogP contribution is -2.39. The topological polar surface area (TPSA) is 49.0 Å². The zero-order valence-electron chi connectivity index (χ0n) is 15.0.